The zero-order valence-electron chi connectivity index (χ0n) is 8.88. The second-order valence-corrected chi connectivity index (χ2v) is 3.86. The Hall–Kier alpha value is -0.870. The molecule has 1 unspecified atom stereocenters. The van der Waals surface area contributed by atoms with Crippen molar-refractivity contribution < 1.29 is 0 Å². The third-order valence-electron chi connectivity index (χ3n) is 2.98. The minimum Gasteiger partial charge on any atom is -0.313 e. The fourth-order valence-electron chi connectivity index (χ4n) is 2.02. The van der Waals surface area contributed by atoms with E-state index in [1.807, 2.05) is 6.20 Å². The van der Waals surface area contributed by atoms with Crippen LogP contribution in [0.15, 0.2) is 6.20 Å². The molecule has 2 heterocycles. The van der Waals surface area contributed by atoms with Crippen LogP contribution in [0.2, 0.25) is 0 Å². The van der Waals surface area contributed by atoms with Gasteiger partial charge in [0.1, 0.15) is 0 Å². The van der Waals surface area contributed by atoms with Gasteiger partial charge in [-0.05, 0) is 19.0 Å². The number of piperazine rings is 1. The zero-order valence-corrected chi connectivity index (χ0v) is 8.88. The summed E-state index contributed by atoms with van der Waals surface area (Å²) < 4.78 is 0. The molecule has 0 aliphatic carbocycles. The van der Waals surface area contributed by atoms with Gasteiger partial charge in [0, 0.05) is 19.6 Å². The number of hydrogen-bond acceptors (Lipinski definition) is 3. The van der Waals surface area contributed by atoms with Gasteiger partial charge in [-0.25, -0.2) is 0 Å². The van der Waals surface area contributed by atoms with Gasteiger partial charge in [-0.1, -0.05) is 6.92 Å². The van der Waals surface area contributed by atoms with Gasteiger partial charge in [0.15, 0.2) is 0 Å². The molecule has 14 heavy (non-hydrogen) atoms. The standard InChI is InChI=1S/C10H18N4/c1-3-8-6-12-13-10(8)9-7-11-4-5-14(9)2/h6,9,11H,3-5,7H2,1-2H3,(H,12,13). The molecule has 1 atom stereocenters. The van der Waals surface area contributed by atoms with Gasteiger partial charge in [0.05, 0.1) is 17.9 Å². The van der Waals surface area contributed by atoms with Crippen molar-refractivity contribution in [1.82, 2.24) is 20.4 Å². The van der Waals surface area contributed by atoms with E-state index in [0.717, 1.165) is 26.1 Å². The van der Waals surface area contributed by atoms with E-state index in [1.165, 1.54) is 11.3 Å². The Bertz CT molecular complexity index is 294. The predicted molar refractivity (Wildman–Crippen MR) is 56.2 cm³/mol. The van der Waals surface area contributed by atoms with Gasteiger partial charge in [0.2, 0.25) is 0 Å². The van der Waals surface area contributed by atoms with Gasteiger partial charge < -0.3 is 5.32 Å². The first-order chi connectivity index (χ1) is 6.83. The summed E-state index contributed by atoms with van der Waals surface area (Å²) in [6.07, 6.45) is 2.99. The quantitative estimate of drug-likeness (QED) is 0.722. The van der Waals surface area contributed by atoms with Crippen molar-refractivity contribution in [3.8, 4) is 0 Å². The first-order valence-corrected chi connectivity index (χ1v) is 5.26. The fraction of sp³-hybridized carbons (Fsp3) is 0.700. The molecule has 4 heteroatoms. The van der Waals surface area contributed by atoms with Crippen LogP contribution in [0.3, 0.4) is 0 Å². The predicted octanol–water partition coefficient (Wildman–Crippen LogP) is 0.548. The average Bonchev–Trinajstić information content (AvgIpc) is 2.66. The minimum atomic E-state index is 0.459. The molecule has 1 aliphatic heterocycles. The SMILES string of the molecule is CCc1cn[nH]c1C1CNCCN1C. The summed E-state index contributed by atoms with van der Waals surface area (Å²) in [6, 6.07) is 0.459. The Morgan fingerprint density at radius 1 is 1.64 bits per heavy atom. The summed E-state index contributed by atoms with van der Waals surface area (Å²) in [7, 11) is 2.17. The van der Waals surface area contributed by atoms with Gasteiger partial charge in [-0.2, -0.15) is 5.10 Å². The van der Waals surface area contributed by atoms with Gasteiger partial charge >= 0.3 is 0 Å². The fourth-order valence-corrected chi connectivity index (χ4v) is 2.02. The highest BCUT2D eigenvalue weighted by molar-refractivity contribution is 5.20. The topological polar surface area (TPSA) is 44.0 Å². The van der Waals surface area contributed by atoms with Crippen molar-refractivity contribution in [3.63, 3.8) is 0 Å². The molecule has 1 fully saturated rings. The number of likely N-dealkylation sites (N-methyl/N-ethyl adjacent to an activating group) is 1. The molecule has 0 radical (unpaired) electrons. The van der Waals surface area contributed by atoms with Crippen LogP contribution in [0.25, 0.3) is 0 Å². The summed E-state index contributed by atoms with van der Waals surface area (Å²) in [5, 5.41) is 10.7. The Labute approximate surface area is 84.7 Å². The summed E-state index contributed by atoms with van der Waals surface area (Å²) in [4.78, 5) is 2.38. The highest BCUT2D eigenvalue weighted by Crippen LogP contribution is 2.21. The van der Waals surface area contributed by atoms with E-state index < -0.39 is 0 Å². The lowest BCUT2D eigenvalue weighted by molar-refractivity contribution is 0.197. The maximum Gasteiger partial charge on any atom is 0.0641 e. The third kappa shape index (κ3) is 1.67. The smallest absolute Gasteiger partial charge is 0.0641 e. The molecule has 78 valence electrons. The van der Waals surface area contributed by atoms with Crippen LogP contribution in [0.5, 0.6) is 0 Å². The average molecular weight is 194 g/mol. The summed E-state index contributed by atoms with van der Waals surface area (Å²) in [6.45, 7) is 5.38. The molecular formula is C10H18N4. The molecule has 2 N–H and O–H groups in total. The molecule has 0 aromatic carbocycles. The maximum absolute atomic E-state index is 4.12. The Morgan fingerprint density at radius 2 is 2.50 bits per heavy atom. The minimum absolute atomic E-state index is 0.459. The Morgan fingerprint density at radius 3 is 3.21 bits per heavy atom. The normalized spacial score (nSPS) is 24.0. The zero-order chi connectivity index (χ0) is 9.97. The number of nitrogens with one attached hydrogen (secondary N) is 2. The lowest BCUT2D eigenvalue weighted by atomic mass is 10.1. The van der Waals surface area contributed by atoms with Crippen molar-refractivity contribution in [2.75, 3.05) is 26.7 Å². The number of nitrogens with zero attached hydrogens (tertiary/aromatic N) is 2. The number of rotatable bonds is 2. The molecule has 0 saturated carbocycles. The number of hydrogen-bond donors (Lipinski definition) is 2. The molecule has 1 aromatic heterocycles. The van der Waals surface area contributed by atoms with Gasteiger partial charge in [-0.3, -0.25) is 10.00 Å². The Kier molecular flexibility index (Phi) is 2.84. The molecule has 2 rings (SSSR count). The van der Waals surface area contributed by atoms with E-state index in [-0.39, 0.29) is 0 Å². The second-order valence-electron chi connectivity index (χ2n) is 3.86. The van der Waals surface area contributed by atoms with E-state index in [2.05, 4.69) is 34.4 Å². The number of aryl methyl sites for hydroxylation is 1. The van der Waals surface area contributed by atoms with Crippen molar-refractivity contribution in [2.45, 2.75) is 19.4 Å². The first kappa shape index (κ1) is 9.68. The van der Waals surface area contributed by atoms with Crippen LogP contribution in [-0.4, -0.2) is 41.8 Å². The van der Waals surface area contributed by atoms with Crippen LogP contribution in [0, 0.1) is 0 Å². The van der Waals surface area contributed by atoms with Crippen LogP contribution in [0.1, 0.15) is 24.2 Å². The first-order valence-electron chi connectivity index (χ1n) is 5.26. The van der Waals surface area contributed by atoms with Crippen molar-refractivity contribution in [2.24, 2.45) is 0 Å². The van der Waals surface area contributed by atoms with Gasteiger partial charge in [-0.15, -0.1) is 0 Å². The molecule has 0 amide bonds. The van der Waals surface area contributed by atoms with Crippen molar-refractivity contribution in [1.29, 1.82) is 0 Å². The van der Waals surface area contributed by atoms with E-state index >= 15 is 0 Å². The highest BCUT2D eigenvalue weighted by atomic mass is 15.2. The summed E-state index contributed by atoms with van der Waals surface area (Å²) in [5.74, 6) is 0. The van der Waals surface area contributed by atoms with Gasteiger partial charge in [0.25, 0.3) is 0 Å². The van der Waals surface area contributed by atoms with E-state index in [0.29, 0.717) is 6.04 Å². The summed E-state index contributed by atoms with van der Waals surface area (Å²) >= 11 is 0. The van der Waals surface area contributed by atoms with Crippen LogP contribution in [-0.2, 0) is 6.42 Å². The largest absolute Gasteiger partial charge is 0.313 e. The monoisotopic (exact) mass is 194 g/mol. The van der Waals surface area contributed by atoms with Crippen molar-refractivity contribution in [3.05, 3.63) is 17.5 Å². The van der Waals surface area contributed by atoms with Crippen LogP contribution < -0.4 is 5.32 Å². The van der Waals surface area contributed by atoms with Crippen LogP contribution >= 0.6 is 0 Å². The van der Waals surface area contributed by atoms with E-state index in [9.17, 15) is 0 Å². The lowest BCUT2D eigenvalue weighted by Gasteiger charge is -2.32. The van der Waals surface area contributed by atoms with Crippen molar-refractivity contribution >= 4 is 0 Å². The molecule has 0 bridgehead atoms. The number of aromatic nitrogens is 2. The van der Waals surface area contributed by atoms with E-state index in [1.54, 1.807) is 0 Å². The molecule has 0 spiro atoms. The highest BCUT2D eigenvalue weighted by Gasteiger charge is 2.23. The molecule has 1 aromatic rings. The second kappa shape index (κ2) is 4.11. The molecular weight excluding hydrogens is 176 g/mol. The van der Waals surface area contributed by atoms with E-state index in [4.69, 9.17) is 0 Å². The molecule has 1 aliphatic rings. The maximum atomic E-state index is 4.12. The molecule has 1 saturated heterocycles. The number of aromatic amines is 1. The summed E-state index contributed by atoms with van der Waals surface area (Å²) in [5.41, 5.74) is 2.62. The molecule has 4 nitrogen and oxygen atoms in total. The Balaban J connectivity index is 2.20. The number of H-pyrrole nitrogens is 1. The lowest BCUT2D eigenvalue weighted by Crippen LogP contribution is -2.44. The van der Waals surface area contributed by atoms with Crippen LogP contribution in [0.4, 0.5) is 0 Å². The third-order valence-corrected chi connectivity index (χ3v) is 2.98.